The van der Waals surface area contributed by atoms with E-state index in [-0.39, 0.29) is 56.0 Å². The van der Waals surface area contributed by atoms with Crippen molar-refractivity contribution in [2.24, 2.45) is 40.9 Å². The lowest BCUT2D eigenvalue weighted by Gasteiger charge is -2.43. The van der Waals surface area contributed by atoms with Crippen molar-refractivity contribution in [3.8, 4) is 0 Å². The normalized spacial score (nSPS) is 35.7. The standard InChI is InChI=1S/C59H91NO16.C3H8O.H2O4S/c1-35-19-15-14-16-20-36(2)47(69-11)31-43-24-22-41(7)59(68,76-43)53(64)54(65)60-26-18-17-21-44(60)55(66)74-48(32-45(61)37(3)28-40(6)51(63)52(71-13)50(62)39(5)27-35)38(4)29-42-23-25-46(49(30-42)70-12)75-56(67)58(10)33-72-57(8,9)73-34-58;1-2-3-4;1-5(2,3)4/h14-16,19-20,28,35,37-39,41-44,46-49,51-52,63,68H,17-18,21-27,29-34H2,1-13H3;4H,2-3H2,1H3;(H2,1,2,3,4)/b16-14+,19-15+,36-20+,40-28+;;/t35-,37-,38-,39-,41-,42+,43+,44+,46-,47+,48+,49-,51-,52+,59-;;/m1../s1. The van der Waals surface area contributed by atoms with Gasteiger partial charge in [-0.15, -0.1) is 0 Å². The van der Waals surface area contributed by atoms with E-state index < -0.39 is 123 Å². The van der Waals surface area contributed by atoms with Crippen LogP contribution in [-0.4, -0.2) is 181 Å². The number of Topliss-reactive ketones (excluding diaryl/α,β-unsaturated/α-hetero) is 3. The second-order valence-electron chi connectivity index (χ2n) is 24.7. The topological polar surface area (TPSA) is 315 Å². The van der Waals surface area contributed by atoms with E-state index in [4.69, 9.17) is 60.5 Å². The minimum Gasteiger partial charge on any atom is -0.460 e. The van der Waals surface area contributed by atoms with Crippen LogP contribution >= 0.6 is 0 Å². The van der Waals surface area contributed by atoms with E-state index in [9.17, 15) is 39.0 Å². The van der Waals surface area contributed by atoms with Crippen LogP contribution in [0, 0.1) is 40.9 Å². The summed E-state index contributed by atoms with van der Waals surface area (Å²) in [6.07, 6.45) is 11.4. The van der Waals surface area contributed by atoms with E-state index >= 15 is 0 Å². The molecule has 0 aromatic heterocycles. The van der Waals surface area contributed by atoms with Gasteiger partial charge in [0.05, 0.1) is 31.5 Å². The molecule has 5 aliphatic rings. The Balaban J connectivity index is 0.00000195. The molecule has 0 aromatic rings. The molecule has 2 bridgehead atoms. The molecule has 0 spiro atoms. The second-order valence-corrected chi connectivity index (χ2v) is 25.6. The maximum Gasteiger partial charge on any atom is 0.394 e. The highest BCUT2D eigenvalue weighted by atomic mass is 32.3. The zero-order valence-corrected chi connectivity index (χ0v) is 53.5. The number of methoxy groups -OCH3 is 3. The molecule has 4 aliphatic heterocycles. The summed E-state index contributed by atoms with van der Waals surface area (Å²) in [6.45, 7) is 20.6. The molecule has 1 aliphatic carbocycles. The number of ether oxygens (including phenoxy) is 8. The van der Waals surface area contributed by atoms with Gasteiger partial charge in [-0.2, -0.15) is 8.42 Å². The van der Waals surface area contributed by atoms with Crippen LogP contribution in [0.15, 0.2) is 47.6 Å². The molecule has 3 saturated heterocycles. The zero-order chi connectivity index (χ0) is 64.2. The van der Waals surface area contributed by atoms with Gasteiger partial charge in [-0.25, -0.2) is 4.79 Å². The largest absolute Gasteiger partial charge is 0.460 e. The lowest BCUT2D eigenvalue weighted by Crippen LogP contribution is -2.61. The molecule has 15 atom stereocenters. The average Bonchev–Trinajstić information content (AvgIpc) is 2.40. The number of cyclic esters (lactones) is 1. The first-order valence-electron chi connectivity index (χ1n) is 30.0. The highest BCUT2D eigenvalue weighted by Gasteiger charge is 2.53. The highest BCUT2D eigenvalue weighted by molar-refractivity contribution is 7.79. The van der Waals surface area contributed by atoms with Crippen LogP contribution in [0.2, 0.25) is 0 Å². The first-order chi connectivity index (χ1) is 39.7. The fraction of sp³-hybridized carbons (Fsp3) is 0.774. The molecule has 0 aromatic carbocycles. The number of rotatable bonds is 9. The second kappa shape index (κ2) is 34.6. The predicted octanol–water partition coefficient (Wildman–Crippen LogP) is 7.26. The van der Waals surface area contributed by atoms with Gasteiger partial charge in [-0.1, -0.05) is 78.0 Å². The van der Waals surface area contributed by atoms with Crippen LogP contribution in [0.4, 0.5) is 0 Å². The van der Waals surface area contributed by atoms with Crippen molar-refractivity contribution in [3.63, 3.8) is 0 Å². The number of esters is 2. The number of aliphatic hydroxyl groups excluding tert-OH is 2. The molecule has 5 rings (SSSR count). The van der Waals surface area contributed by atoms with Crippen molar-refractivity contribution >= 4 is 45.6 Å². The van der Waals surface area contributed by atoms with Crippen LogP contribution in [0.3, 0.4) is 0 Å². The van der Waals surface area contributed by atoms with Gasteiger partial charge >= 0.3 is 22.3 Å². The predicted molar refractivity (Wildman–Crippen MR) is 315 cm³/mol. The van der Waals surface area contributed by atoms with Gasteiger partial charge < -0.3 is 58.1 Å². The third-order valence-electron chi connectivity index (χ3n) is 16.9. The number of carbonyl (C=O) groups excluding carboxylic acids is 6. The van der Waals surface area contributed by atoms with Gasteiger partial charge in [0.2, 0.25) is 5.79 Å². The fourth-order valence-corrected chi connectivity index (χ4v) is 11.4. The molecule has 4 heterocycles. The summed E-state index contributed by atoms with van der Waals surface area (Å²) >= 11 is 0. The molecule has 23 heteroatoms. The molecule has 22 nitrogen and oxygen atoms in total. The van der Waals surface area contributed by atoms with E-state index in [2.05, 4.69) is 0 Å². The minimum atomic E-state index is -4.67. The summed E-state index contributed by atoms with van der Waals surface area (Å²) in [7, 11) is -0.146. The molecule has 0 unspecified atom stereocenters. The fourth-order valence-electron chi connectivity index (χ4n) is 11.4. The van der Waals surface area contributed by atoms with Crippen molar-refractivity contribution in [2.45, 2.75) is 220 Å². The number of aliphatic hydroxyl groups is 3. The van der Waals surface area contributed by atoms with Gasteiger partial charge in [0, 0.05) is 65.1 Å². The summed E-state index contributed by atoms with van der Waals surface area (Å²) in [5, 5.41) is 31.5. The summed E-state index contributed by atoms with van der Waals surface area (Å²) in [4.78, 5) is 86.3. The van der Waals surface area contributed by atoms with Crippen LogP contribution in [0.25, 0.3) is 0 Å². The van der Waals surface area contributed by atoms with E-state index in [1.807, 2.05) is 65.0 Å². The SMILES string of the molecule is CCCO.CO[C@H]1C[C@@H]2CC[C@@H](C)[C@@](O)(O2)C(=O)C(=O)N2CCCC[C@H]2C(=O)O[C@H]([C@H](C)C[C@@H]2CC[C@@H](OC(=O)C3(C)COC(C)(C)OC3)[C@H](OC)C2)CC(=O)[C@H](C)/C=C(\C)[C@@H](O)[C@@H](OC)C(=O)[C@H](C)C[C@H](C)/C=C/C=C/C=C/1C.O=S(=O)(O)O. The number of carbonyl (C=O) groups is 6. The van der Waals surface area contributed by atoms with Gasteiger partial charge in [0.25, 0.3) is 11.7 Å². The summed E-state index contributed by atoms with van der Waals surface area (Å²) in [6, 6.07) is -1.18. The Morgan fingerprint density at radius 3 is 2.06 bits per heavy atom. The van der Waals surface area contributed by atoms with Crippen LogP contribution in [-0.2, 0) is 77.1 Å². The third-order valence-corrected chi connectivity index (χ3v) is 16.9. The molecule has 5 N–H and O–H groups in total. The van der Waals surface area contributed by atoms with Crippen molar-refractivity contribution in [3.05, 3.63) is 47.6 Å². The van der Waals surface area contributed by atoms with Gasteiger partial charge in [0.15, 0.2) is 11.6 Å². The Morgan fingerprint density at radius 2 is 1.47 bits per heavy atom. The monoisotopic (exact) mass is 1230 g/mol. The van der Waals surface area contributed by atoms with Gasteiger partial charge in [-0.3, -0.25) is 33.1 Å². The van der Waals surface area contributed by atoms with Crippen molar-refractivity contribution in [1.82, 2.24) is 4.90 Å². The average molecular weight is 1230 g/mol. The Morgan fingerprint density at radius 1 is 0.835 bits per heavy atom. The molecule has 1 saturated carbocycles. The first-order valence-corrected chi connectivity index (χ1v) is 31.4. The number of amides is 1. The summed E-state index contributed by atoms with van der Waals surface area (Å²) in [5.74, 6) is -9.63. The number of nitrogens with zero attached hydrogens (tertiary/aromatic N) is 1. The Labute approximate surface area is 504 Å². The smallest absolute Gasteiger partial charge is 0.394 e. The van der Waals surface area contributed by atoms with Crippen molar-refractivity contribution in [2.75, 3.05) is 47.7 Å². The highest BCUT2D eigenvalue weighted by Crippen LogP contribution is 2.39. The van der Waals surface area contributed by atoms with E-state index in [0.717, 1.165) is 12.0 Å². The number of hydrogen-bond donors (Lipinski definition) is 5. The lowest BCUT2D eigenvalue weighted by atomic mass is 9.78. The summed E-state index contributed by atoms with van der Waals surface area (Å²) < 4.78 is 79.2. The van der Waals surface area contributed by atoms with Crippen LogP contribution < -0.4 is 0 Å². The lowest BCUT2D eigenvalue weighted by molar-refractivity contribution is -0.283. The van der Waals surface area contributed by atoms with Gasteiger partial charge in [0.1, 0.15) is 41.7 Å². The minimum absolute atomic E-state index is 0.000496. The maximum atomic E-state index is 14.6. The molecule has 0 radical (unpaired) electrons. The molecule has 4 fully saturated rings. The molecular formula is C62H101NO21S. The first kappa shape index (κ1) is 75.1. The zero-order valence-electron chi connectivity index (χ0n) is 52.7. The molecule has 1 amide bonds. The third kappa shape index (κ3) is 23.1. The molecule has 85 heavy (non-hydrogen) atoms. The van der Waals surface area contributed by atoms with Crippen molar-refractivity contribution in [1.29, 1.82) is 0 Å². The summed E-state index contributed by atoms with van der Waals surface area (Å²) in [5.41, 5.74) is 0.243. The Bertz CT molecular complexity index is 2420. The van der Waals surface area contributed by atoms with Crippen molar-refractivity contribution < 1.29 is 99.5 Å². The molecule has 486 valence electrons. The quantitative estimate of drug-likeness (QED) is 0.0656. The van der Waals surface area contributed by atoms with E-state index in [1.165, 1.54) is 12.0 Å². The number of hydrogen-bond acceptors (Lipinski definition) is 19. The molecular weight excluding hydrogens is 1130 g/mol. The van der Waals surface area contributed by atoms with Gasteiger partial charge in [-0.05, 0) is 134 Å². The number of ketones is 3. The van der Waals surface area contributed by atoms with E-state index in [1.54, 1.807) is 61.8 Å². The Kier molecular flexibility index (Phi) is 30.6. The Hall–Kier alpha value is -4.11. The van der Waals surface area contributed by atoms with Crippen LogP contribution in [0.5, 0.6) is 0 Å². The number of allylic oxidation sites excluding steroid dienone is 6. The van der Waals surface area contributed by atoms with E-state index in [0.29, 0.717) is 76.4 Å². The van der Waals surface area contributed by atoms with Crippen LogP contribution in [0.1, 0.15) is 160 Å². The number of piperidine rings is 1. The number of fused-ring (bicyclic) bond motifs is 3. The maximum absolute atomic E-state index is 14.6.